The van der Waals surface area contributed by atoms with E-state index in [9.17, 15) is 4.79 Å². The van der Waals surface area contributed by atoms with Gasteiger partial charge in [-0.15, -0.1) is 16.4 Å². The molecule has 680 valence electrons. The summed E-state index contributed by atoms with van der Waals surface area (Å²) in [5, 5.41) is 29.7. The number of para-hydroxylation sites is 5. The number of furan rings is 1. The van der Waals surface area contributed by atoms with Gasteiger partial charge in [0.05, 0.1) is 52.1 Å². The number of aromatic amines is 2. The second-order valence-electron chi connectivity index (χ2n) is 31.1. The standard InChI is InChI=1S/C14H12O2.C12H10.C10H8.C9H9N3.C9H17N.C9H7N.2C8H7N.C8H6O.C7H5NS.C6H6.C5H11N.2C5H5N.C3H4N2/c15-14(16)10-11-6-8-13(9-7-11)12-4-2-1-3-5-12;1-3-7-11(8-4-1)12-9-5-2-6-10-12;1-2-6-10-8-4-3-7-9(10)5-1;1-12-7-9(10-11-12)8-5-3-2-4-6-8;2*1-2-6-9-8(4-1)5-3-7-10-9;3*1-2-4-8-7(3-1)5-6-9-8;1-2-4-7-6(3-1)8-5-9-7;4*1-2-4-6-5-3-1;1-2-5-3-4-1/h1-9H,10H2,(H,15,16);1-10H;1-8H;2-7H,1H3;8-10H,1-7H2;1-7H;1-4,6H,5H2;1-6,9H;1-6H;1-5H;1-6H;6H,1-5H2;2*1-5H;1-3H,(H,4,5). The topological polar surface area (TPSA) is 214 Å². The minimum Gasteiger partial charge on any atom is -0.481 e. The van der Waals surface area contributed by atoms with E-state index in [0.29, 0.717) is 0 Å². The average molecular weight is 1800 g/mol. The van der Waals surface area contributed by atoms with E-state index in [4.69, 9.17) is 9.52 Å². The third kappa shape index (κ3) is 39.0. The number of hydrogen-bond donors (Lipinski definition) is 5. The molecule has 1 saturated carbocycles. The summed E-state index contributed by atoms with van der Waals surface area (Å²) < 4.78 is 8.08. The van der Waals surface area contributed by atoms with Crippen LogP contribution in [0.25, 0.3) is 87.3 Å². The molecule has 2 atom stereocenters. The summed E-state index contributed by atoms with van der Waals surface area (Å²) >= 11 is 1.68. The van der Waals surface area contributed by atoms with Crippen LogP contribution in [0, 0.1) is 5.92 Å². The smallest absolute Gasteiger partial charge is 0.307 e. The third-order valence-corrected chi connectivity index (χ3v) is 22.0. The number of benzene rings is 13. The highest BCUT2D eigenvalue weighted by atomic mass is 32.1. The fourth-order valence-electron chi connectivity index (χ4n) is 14.4. The van der Waals surface area contributed by atoms with Gasteiger partial charge in [-0.3, -0.25) is 29.4 Å². The monoisotopic (exact) mass is 1800 g/mol. The Morgan fingerprint density at radius 2 is 0.919 bits per heavy atom. The summed E-state index contributed by atoms with van der Waals surface area (Å²) in [6.07, 6.45) is 35.5. The second kappa shape index (κ2) is 61.7. The van der Waals surface area contributed by atoms with Crippen LogP contribution in [-0.2, 0) is 24.7 Å². The van der Waals surface area contributed by atoms with Crippen molar-refractivity contribution in [3.63, 3.8) is 0 Å². The number of pyridine rings is 3. The van der Waals surface area contributed by atoms with E-state index >= 15 is 0 Å². The van der Waals surface area contributed by atoms with Gasteiger partial charge < -0.3 is 30.1 Å². The molecule has 0 bridgehead atoms. The summed E-state index contributed by atoms with van der Waals surface area (Å²) in [7, 11) is 1.86. The lowest BCUT2D eigenvalue weighted by Crippen LogP contribution is -2.42. The zero-order chi connectivity index (χ0) is 93.4. The Balaban J connectivity index is 0.000000140. The Bertz CT molecular complexity index is 5890. The maximum absolute atomic E-state index is 10.5. The molecule has 1 aliphatic carbocycles. The van der Waals surface area contributed by atoms with Crippen molar-refractivity contribution in [1.29, 1.82) is 0 Å². The van der Waals surface area contributed by atoms with Gasteiger partial charge in [-0.1, -0.05) is 358 Å². The summed E-state index contributed by atoms with van der Waals surface area (Å²) in [5.74, 6) is 0.245. The third-order valence-electron chi connectivity index (χ3n) is 21.2. The number of nitrogens with zero attached hydrogens (tertiary/aromatic N) is 9. The number of imidazole rings is 1. The highest BCUT2D eigenvalue weighted by Crippen LogP contribution is 2.31. The summed E-state index contributed by atoms with van der Waals surface area (Å²) in [5.41, 5.74) is 16.3. The predicted molar refractivity (Wildman–Crippen MR) is 563 cm³/mol. The van der Waals surface area contributed by atoms with Crippen molar-refractivity contribution >= 4 is 83.0 Å². The van der Waals surface area contributed by atoms with Crippen LogP contribution >= 0.6 is 11.3 Å². The molecule has 8 aromatic heterocycles. The molecule has 21 aromatic rings. The van der Waals surface area contributed by atoms with E-state index in [0.717, 1.165) is 74.0 Å². The first-order valence-electron chi connectivity index (χ1n) is 45.9. The molecule has 25 rings (SSSR count). The molecule has 135 heavy (non-hydrogen) atoms. The van der Waals surface area contributed by atoms with Gasteiger partial charge in [0.2, 0.25) is 0 Å². The van der Waals surface area contributed by atoms with Gasteiger partial charge in [0.15, 0.2) is 0 Å². The molecular weight excluding hydrogens is 1680 g/mol. The van der Waals surface area contributed by atoms with E-state index in [1.807, 2.05) is 310 Å². The van der Waals surface area contributed by atoms with Crippen molar-refractivity contribution in [2.24, 2.45) is 18.0 Å². The second-order valence-corrected chi connectivity index (χ2v) is 31.9. The van der Waals surface area contributed by atoms with Gasteiger partial charge >= 0.3 is 5.97 Å². The number of aryl methyl sites for hydroxylation is 1. The number of aliphatic carboxylic acids is 1. The minimum atomic E-state index is -0.799. The van der Waals surface area contributed by atoms with Crippen LogP contribution in [0.1, 0.15) is 68.9 Å². The molecule has 0 radical (unpaired) electrons. The Morgan fingerprint density at radius 3 is 1.41 bits per heavy atom. The number of rotatable bonds is 5. The Hall–Kier alpha value is -15.8. The number of carbonyl (C=O) groups is 1. The zero-order valence-electron chi connectivity index (χ0n) is 76.5. The number of carboxylic acid groups (broad SMARTS) is 1. The predicted octanol–water partition coefficient (Wildman–Crippen LogP) is 28.7. The Morgan fingerprint density at radius 1 is 0.415 bits per heavy atom. The van der Waals surface area contributed by atoms with Crippen LogP contribution in [0.2, 0.25) is 0 Å². The Kier molecular flexibility index (Phi) is 45.6. The van der Waals surface area contributed by atoms with Crippen LogP contribution in [0.5, 0.6) is 0 Å². The number of nitrogens with one attached hydrogen (secondary N) is 4. The molecule has 4 aliphatic rings. The van der Waals surface area contributed by atoms with Crippen LogP contribution in [0.4, 0.5) is 5.69 Å². The van der Waals surface area contributed by atoms with Crippen molar-refractivity contribution in [3.8, 4) is 33.5 Å². The van der Waals surface area contributed by atoms with Crippen LogP contribution in [0.15, 0.2) is 496 Å². The van der Waals surface area contributed by atoms with E-state index < -0.39 is 5.97 Å². The number of H-pyrrole nitrogens is 2. The van der Waals surface area contributed by atoms with Gasteiger partial charge in [0, 0.05) is 97.2 Å². The van der Waals surface area contributed by atoms with Crippen molar-refractivity contribution in [2.45, 2.75) is 76.7 Å². The molecule has 2 unspecified atom stereocenters. The highest BCUT2D eigenvalue weighted by molar-refractivity contribution is 7.16. The SMILES string of the molecule is C1=Nc2ccccc2C1.C1CCC2NCCCC2C1.C1CCNCC1.Cn1cc(-c2ccccc2)nn1.O=C(O)Cc1ccc(-c2ccccc2)cc1.c1c[nH]cn1.c1ccc(-c2ccccc2)cc1.c1ccc2[nH]ccc2c1.c1ccc2ccccc2c1.c1ccc2ncccc2c1.c1ccc2occc2c1.c1ccc2scnc2c1.c1ccccc1.c1ccncc1.c1ccncc1. The first-order chi connectivity index (χ1) is 66.8. The first kappa shape index (κ1) is 99.8. The molecule has 3 fully saturated rings. The van der Waals surface area contributed by atoms with Crippen molar-refractivity contribution in [1.82, 2.24) is 60.5 Å². The largest absolute Gasteiger partial charge is 0.481 e. The molecular formula is C118H119N13O3S. The van der Waals surface area contributed by atoms with E-state index in [1.54, 1.807) is 65.8 Å². The number of fused-ring (bicyclic) bond motifs is 7. The fraction of sp³-hybridized carbons (Fsp3) is 0.144. The number of hydrogen-bond acceptors (Lipinski definition) is 13. The molecule has 16 nitrogen and oxygen atoms in total. The van der Waals surface area contributed by atoms with E-state index in [-0.39, 0.29) is 6.42 Å². The maximum atomic E-state index is 10.5. The van der Waals surface area contributed by atoms with Gasteiger partial charge in [-0.2, -0.15) is 0 Å². The maximum Gasteiger partial charge on any atom is 0.307 e. The van der Waals surface area contributed by atoms with Gasteiger partial charge in [0.25, 0.3) is 0 Å². The number of aromatic nitrogens is 10. The average Bonchev–Trinajstić information content (AvgIpc) is 1.38. The quantitative estimate of drug-likeness (QED) is 0.109. The van der Waals surface area contributed by atoms with Gasteiger partial charge in [-0.05, 0) is 192 Å². The van der Waals surface area contributed by atoms with Crippen LogP contribution in [-0.4, -0.2) is 92.8 Å². The van der Waals surface area contributed by atoms with Crippen molar-refractivity contribution < 1.29 is 14.3 Å². The number of thiazole rings is 1. The van der Waals surface area contributed by atoms with E-state index in [1.165, 1.54) is 126 Å². The van der Waals surface area contributed by atoms with Crippen molar-refractivity contribution in [2.75, 3.05) is 19.6 Å². The molecule has 3 aliphatic heterocycles. The lowest BCUT2D eigenvalue weighted by atomic mass is 9.80. The fourth-order valence-corrected chi connectivity index (χ4v) is 15.1. The van der Waals surface area contributed by atoms with Crippen LogP contribution < -0.4 is 10.6 Å². The molecule has 17 heteroatoms. The number of carboxylic acids is 1. The molecule has 13 aromatic carbocycles. The lowest BCUT2D eigenvalue weighted by Gasteiger charge is -2.36. The Labute approximate surface area is 797 Å². The van der Waals surface area contributed by atoms with Gasteiger partial charge in [-0.25, -0.2) is 9.97 Å². The summed E-state index contributed by atoms with van der Waals surface area (Å²) in [6.45, 7) is 3.78. The molecule has 5 N–H and O–H groups in total. The molecule has 0 spiro atoms. The number of aliphatic imine (C=N–C) groups is 1. The molecule has 0 amide bonds. The lowest BCUT2D eigenvalue weighted by molar-refractivity contribution is -0.136. The number of piperidine rings is 2. The van der Waals surface area contributed by atoms with Crippen LogP contribution in [0.3, 0.4) is 0 Å². The zero-order valence-corrected chi connectivity index (χ0v) is 77.3. The molecule has 2 saturated heterocycles. The molecule has 11 heterocycles. The summed E-state index contributed by atoms with van der Waals surface area (Å²) in [6, 6.07) is 138. The highest BCUT2D eigenvalue weighted by Gasteiger charge is 2.26. The van der Waals surface area contributed by atoms with Crippen molar-refractivity contribution in [3.05, 3.63) is 498 Å². The minimum absolute atomic E-state index is 0.0784. The first-order valence-corrected chi connectivity index (χ1v) is 46.7. The summed E-state index contributed by atoms with van der Waals surface area (Å²) in [4.78, 5) is 40.1. The van der Waals surface area contributed by atoms with E-state index in [2.05, 4.69) is 200 Å². The normalized spacial score (nSPS) is 12.8. The van der Waals surface area contributed by atoms with Gasteiger partial charge in [0.1, 0.15) is 11.3 Å².